The Bertz CT molecular complexity index is 849. The molecule has 156 valence electrons. The van der Waals surface area contributed by atoms with Gasteiger partial charge < -0.3 is 15.0 Å². The van der Waals surface area contributed by atoms with Crippen LogP contribution < -0.4 is 10.2 Å². The number of ether oxygens (including phenoxy) is 1. The Hall–Kier alpha value is -2.19. The van der Waals surface area contributed by atoms with E-state index >= 15 is 0 Å². The quantitative estimate of drug-likeness (QED) is 0.803. The Morgan fingerprint density at radius 3 is 2.52 bits per heavy atom. The zero-order valence-corrected chi connectivity index (χ0v) is 17.4. The maximum atomic E-state index is 5.35. The van der Waals surface area contributed by atoms with Crippen LogP contribution in [0.4, 0.5) is 17.5 Å². The molecule has 2 saturated heterocycles. The van der Waals surface area contributed by atoms with Gasteiger partial charge in [-0.15, -0.1) is 0 Å². The van der Waals surface area contributed by atoms with Crippen LogP contribution in [0.2, 0.25) is 0 Å². The molecule has 1 saturated carbocycles. The summed E-state index contributed by atoms with van der Waals surface area (Å²) >= 11 is 0. The number of nitrogens with zero attached hydrogens (tertiary/aromatic N) is 5. The molecular weight excluding hydrogens is 366 g/mol. The van der Waals surface area contributed by atoms with Gasteiger partial charge >= 0.3 is 0 Å². The zero-order valence-electron chi connectivity index (χ0n) is 17.4. The molecule has 1 aliphatic carbocycles. The zero-order chi connectivity index (χ0) is 19.8. The third-order valence-corrected chi connectivity index (χ3v) is 6.62. The van der Waals surface area contributed by atoms with Crippen molar-refractivity contribution in [1.82, 2.24) is 25.1 Å². The molecule has 2 aromatic rings. The number of rotatable bonds is 5. The molecule has 0 unspecified atom stereocenters. The third kappa shape index (κ3) is 3.83. The lowest BCUT2D eigenvalue weighted by Crippen LogP contribution is -2.56. The fourth-order valence-electron chi connectivity index (χ4n) is 4.74. The summed E-state index contributed by atoms with van der Waals surface area (Å²) in [6.45, 7) is 9.92. The highest BCUT2D eigenvalue weighted by Crippen LogP contribution is 2.34. The first-order valence-electron chi connectivity index (χ1n) is 10.9. The first-order chi connectivity index (χ1) is 14.2. The number of nitrogens with one attached hydrogen (secondary N) is 2. The van der Waals surface area contributed by atoms with Crippen molar-refractivity contribution in [2.45, 2.75) is 51.5 Å². The fourth-order valence-corrected chi connectivity index (χ4v) is 4.74. The van der Waals surface area contributed by atoms with Crippen molar-refractivity contribution < 1.29 is 4.74 Å². The molecule has 8 nitrogen and oxygen atoms in total. The molecule has 2 aromatic heterocycles. The highest BCUT2D eigenvalue weighted by Gasteiger charge is 2.30. The predicted octanol–water partition coefficient (Wildman–Crippen LogP) is 2.74. The maximum absolute atomic E-state index is 5.35. The minimum atomic E-state index is 0.608. The van der Waals surface area contributed by atoms with E-state index in [4.69, 9.17) is 9.72 Å². The monoisotopic (exact) mass is 397 g/mol. The van der Waals surface area contributed by atoms with Crippen molar-refractivity contribution in [2.24, 2.45) is 0 Å². The van der Waals surface area contributed by atoms with Gasteiger partial charge in [0.15, 0.2) is 5.82 Å². The third-order valence-electron chi connectivity index (χ3n) is 6.62. The van der Waals surface area contributed by atoms with Crippen LogP contribution in [0.15, 0.2) is 6.07 Å². The van der Waals surface area contributed by atoms with Crippen molar-refractivity contribution >= 4 is 17.5 Å². The first-order valence-corrected chi connectivity index (χ1v) is 10.9. The van der Waals surface area contributed by atoms with Crippen LogP contribution >= 0.6 is 0 Å². The largest absolute Gasteiger partial charge is 0.378 e. The van der Waals surface area contributed by atoms with Crippen molar-refractivity contribution in [1.29, 1.82) is 0 Å². The predicted molar refractivity (Wildman–Crippen MR) is 113 cm³/mol. The van der Waals surface area contributed by atoms with Gasteiger partial charge in [-0.25, -0.2) is 9.97 Å². The number of hydrogen-bond acceptors (Lipinski definition) is 7. The van der Waals surface area contributed by atoms with E-state index in [1.807, 2.05) is 6.92 Å². The van der Waals surface area contributed by atoms with E-state index in [-0.39, 0.29) is 0 Å². The SMILES string of the molecule is Cc1nc(Nc2cc(C3CCCC3)[nH]n2)c(C)c(N2CCN(C3COC3)CC2)n1. The molecule has 2 aliphatic heterocycles. The molecule has 0 aromatic carbocycles. The minimum Gasteiger partial charge on any atom is -0.378 e. The van der Waals surface area contributed by atoms with Crippen LogP contribution in [0.25, 0.3) is 0 Å². The van der Waals surface area contributed by atoms with Gasteiger partial charge in [0.2, 0.25) is 0 Å². The first kappa shape index (κ1) is 18.8. The number of hydrogen-bond donors (Lipinski definition) is 2. The molecule has 0 bridgehead atoms. The van der Waals surface area contributed by atoms with E-state index in [2.05, 4.69) is 43.3 Å². The number of piperazine rings is 1. The Morgan fingerprint density at radius 1 is 1.07 bits per heavy atom. The number of H-pyrrole nitrogens is 1. The molecule has 0 amide bonds. The topological polar surface area (TPSA) is 82.2 Å². The lowest BCUT2D eigenvalue weighted by molar-refractivity contribution is -0.0661. The smallest absolute Gasteiger partial charge is 0.153 e. The number of anilines is 3. The van der Waals surface area contributed by atoms with Crippen LogP contribution in [-0.4, -0.2) is 70.5 Å². The minimum absolute atomic E-state index is 0.608. The maximum Gasteiger partial charge on any atom is 0.153 e. The van der Waals surface area contributed by atoms with E-state index in [0.717, 1.165) is 68.2 Å². The molecule has 0 radical (unpaired) electrons. The second-order valence-electron chi connectivity index (χ2n) is 8.60. The molecule has 8 heteroatoms. The molecule has 3 fully saturated rings. The lowest BCUT2D eigenvalue weighted by Gasteiger charge is -2.43. The summed E-state index contributed by atoms with van der Waals surface area (Å²) in [5, 5.41) is 11.1. The van der Waals surface area contributed by atoms with Crippen LogP contribution in [0, 0.1) is 13.8 Å². The van der Waals surface area contributed by atoms with Crippen LogP contribution in [0.5, 0.6) is 0 Å². The van der Waals surface area contributed by atoms with Gasteiger partial charge in [0, 0.05) is 49.4 Å². The van der Waals surface area contributed by atoms with E-state index in [1.165, 1.54) is 31.4 Å². The molecule has 0 spiro atoms. The molecule has 4 heterocycles. The van der Waals surface area contributed by atoms with E-state index in [0.29, 0.717) is 12.0 Å². The van der Waals surface area contributed by atoms with E-state index < -0.39 is 0 Å². The Balaban J connectivity index is 1.30. The summed E-state index contributed by atoms with van der Waals surface area (Å²) in [6, 6.07) is 2.75. The van der Waals surface area contributed by atoms with Crippen molar-refractivity contribution in [2.75, 3.05) is 49.6 Å². The molecule has 0 atom stereocenters. The Labute approximate surface area is 172 Å². The fraction of sp³-hybridized carbons (Fsp3) is 0.667. The molecule has 3 aliphatic rings. The average molecular weight is 398 g/mol. The van der Waals surface area contributed by atoms with Crippen LogP contribution in [0.1, 0.15) is 48.7 Å². The second kappa shape index (κ2) is 7.91. The summed E-state index contributed by atoms with van der Waals surface area (Å²) in [5.41, 5.74) is 2.33. The van der Waals surface area contributed by atoms with Crippen molar-refractivity contribution in [3.63, 3.8) is 0 Å². The highest BCUT2D eigenvalue weighted by molar-refractivity contribution is 5.64. The van der Waals surface area contributed by atoms with Gasteiger partial charge in [0.05, 0.1) is 19.3 Å². The summed E-state index contributed by atoms with van der Waals surface area (Å²) in [7, 11) is 0. The van der Waals surface area contributed by atoms with Crippen molar-refractivity contribution in [3.8, 4) is 0 Å². The molecule has 2 N–H and O–H groups in total. The van der Waals surface area contributed by atoms with E-state index in [9.17, 15) is 0 Å². The normalized spacial score (nSPS) is 21.5. The Kier molecular flexibility index (Phi) is 5.13. The number of aromatic nitrogens is 4. The van der Waals surface area contributed by atoms with Crippen LogP contribution in [0.3, 0.4) is 0 Å². The molecule has 29 heavy (non-hydrogen) atoms. The Morgan fingerprint density at radius 2 is 1.83 bits per heavy atom. The standard InChI is InChI=1S/C21H31N7O/c1-14-20(24-19-11-18(25-26-19)16-5-3-4-6-16)22-15(2)23-21(14)28-9-7-27(8-10-28)17-12-29-13-17/h11,16-17H,3-10,12-13H2,1-2H3,(H2,22,23,24,25,26). The summed E-state index contributed by atoms with van der Waals surface area (Å²) in [6.07, 6.45) is 5.16. The van der Waals surface area contributed by atoms with Gasteiger partial charge in [0.25, 0.3) is 0 Å². The van der Waals surface area contributed by atoms with Gasteiger partial charge in [-0.05, 0) is 26.7 Å². The lowest BCUT2D eigenvalue weighted by atomic mass is 10.0. The summed E-state index contributed by atoms with van der Waals surface area (Å²) < 4.78 is 5.35. The number of aromatic amines is 1. The summed E-state index contributed by atoms with van der Waals surface area (Å²) in [5.74, 6) is 4.14. The highest BCUT2D eigenvalue weighted by atomic mass is 16.5. The number of aryl methyl sites for hydroxylation is 1. The van der Waals surface area contributed by atoms with Gasteiger partial charge in [-0.2, -0.15) is 5.10 Å². The second-order valence-corrected chi connectivity index (χ2v) is 8.60. The van der Waals surface area contributed by atoms with E-state index in [1.54, 1.807) is 0 Å². The van der Waals surface area contributed by atoms with Gasteiger partial charge in [-0.3, -0.25) is 10.00 Å². The molecular formula is C21H31N7O. The van der Waals surface area contributed by atoms with Crippen molar-refractivity contribution in [3.05, 3.63) is 23.1 Å². The summed E-state index contributed by atoms with van der Waals surface area (Å²) in [4.78, 5) is 14.4. The van der Waals surface area contributed by atoms with Gasteiger partial charge in [-0.1, -0.05) is 12.8 Å². The average Bonchev–Trinajstić information content (AvgIpc) is 3.35. The van der Waals surface area contributed by atoms with Crippen LogP contribution in [-0.2, 0) is 4.74 Å². The van der Waals surface area contributed by atoms with Gasteiger partial charge in [0.1, 0.15) is 17.5 Å². The molecule has 5 rings (SSSR count).